The predicted octanol–water partition coefficient (Wildman–Crippen LogP) is 3.85. The monoisotopic (exact) mass is 653 g/mol. The molecule has 1 amide bonds. The summed E-state index contributed by atoms with van der Waals surface area (Å²) in [5.74, 6) is -1.43. The highest BCUT2D eigenvalue weighted by molar-refractivity contribution is 8.10. The Morgan fingerprint density at radius 1 is 0.844 bits per heavy atom. The number of hydrogen-bond donors (Lipinski definition) is 2. The molecule has 4 rings (SSSR count). The summed E-state index contributed by atoms with van der Waals surface area (Å²) in [6, 6.07) is 15.9. The van der Waals surface area contributed by atoms with Crippen molar-refractivity contribution in [3.05, 3.63) is 102 Å². The second-order valence-corrected chi connectivity index (χ2v) is 14.0. The van der Waals surface area contributed by atoms with E-state index in [4.69, 9.17) is 4.74 Å². The van der Waals surface area contributed by atoms with Crippen molar-refractivity contribution in [2.45, 2.75) is 36.1 Å². The number of ether oxygens (including phenoxy) is 1. The summed E-state index contributed by atoms with van der Waals surface area (Å²) in [6.45, 7) is 3.50. The van der Waals surface area contributed by atoms with Crippen LogP contribution in [0.15, 0.2) is 95.1 Å². The number of carboxylic acid groups (broad SMARTS) is 1. The average Bonchev–Trinajstić information content (AvgIpc) is 2.98. The minimum atomic E-state index is -4.81. The standard InChI is InChI=1S/C30H31N5O8S2/c1-20-5-13-24(14-6-20)44(39,40)35(45(41,42)25-15-7-21(2)8-16-25)27-18-31-19-32-28(27)33-26(29(36)37)17-22-9-11-23(12-10-22)43-30(38)34(3)4/h5-16,18-19,26H,17H2,1-4H3,(H,36,37)(H,31,32,33)/t26-/m0/s1. The van der Waals surface area contributed by atoms with Gasteiger partial charge < -0.3 is 20.1 Å². The molecule has 0 unspecified atom stereocenters. The Morgan fingerprint density at radius 3 is 1.82 bits per heavy atom. The lowest BCUT2D eigenvalue weighted by atomic mass is 10.1. The van der Waals surface area contributed by atoms with E-state index in [1.54, 1.807) is 26.0 Å². The van der Waals surface area contributed by atoms with E-state index in [0.29, 0.717) is 5.56 Å². The molecule has 15 heteroatoms. The number of carboxylic acids is 1. The van der Waals surface area contributed by atoms with E-state index in [-0.39, 0.29) is 31.5 Å². The fourth-order valence-corrected chi connectivity index (χ4v) is 7.73. The van der Waals surface area contributed by atoms with Crippen molar-refractivity contribution in [2.75, 3.05) is 23.1 Å². The molecule has 1 aromatic heterocycles. The molecule has 0 aliphatic rings. The normalized spacial score (nSPS) is 12.2. The number of anilines is 2. The van der Waals surface area contributed by atoms with Crippen LogP contribution in [0.3, 0.4) is 0 Å². The van der Waals surface area contributed by atoms with Crippen LogP contribution in [0.25, 0.3) is 0 Å². The van der Waals surface area contributed by atoms with Crippen LogP contribution in [0.2, 0.25) is 0 Å². The van der Waals surface area contributed by atoms with E-state index in [2.05, 4.69) is 15.3 Å². The fourth-order valence-electron chi connectivity index (χ4n) is 4.05. The first-order valence-electron chi connectivity index (χ1n) is 13.4. The van der Waals surface area contributed by atoms with Crippen molar-refractivity contribution < 1.29 is 36.3 Å². The highest BCUT2D eigenvalue weighted by atomic mass is 32.3. The first-order chi connectivity index (χ1) is 21.2. The number of nitrogens with zero attached hydrogens (tertiary/aromatic N) is 4. The zero-order valence-electron chi connectivity index (χ0n) is 24.8. The number of aromatic nitrogens is 2. The summed E-state index contributed by atoms with van der Waals surface area (Å²) in [5.41, 5.74) is 1.52. The molecule has 0 bridgehead atoms. The lowest BCUT2D eigenvalue weighted by Gasteiger charge is -2.26. The van der Waals surface area contributed by atoms with Gasteiger partial charge in [-0.15, -0.1) is 0 Å². The molecule has 0 spiro atoms. The number of carbonyl (C=O) groups is 2. The van der Waals surface area contributed by atoms with Crippen LogP contribution in [0, 0.1) is 13.8 Å². The molecular weight excluding hydrogens is 622 g/mol. The Balaban J connectivity index is 1.76. The van der Waals surface area contributed by atoms with E-state index in [9.17, 15) is 31.5 Å². The molecule has 3 aromatic carbocycles. The summed E-state index contributed by atoms with van der Waals surface area (Å²) >= 11 is 0. The number of carbonyl (C=O) groups excluding carboxylic acids is 1. The van der Waals surface area contributed by atoms with Crippen molar-refractivity contribution in [2.24, 2.45) is 0 Å². The molecule has 4 aromatic rings. The van der Waals surface area contributed by atoms with E-state index in [1.807, 2.05) is 0 Å². The van der Waals surface area contributed by atoms with Gasteiger partial charge in [0.15, 0.2) is 5.82 Å². The summed E-state index contributed by atoms with van der Waals surface area (Å²) in [4.78, 5) is 32.7. The predicted molar refractivity (Wildman–Crippen MR) is 166 cm³/mol. The molecule has 0 radical (unpaired) electrons. The topological polar surface area (TPSA) is 176 Å². The number of hydrogen-bond acceptors (Lipinski definition) is 10. The maximum Gasteiger partial charge on any atom is 0.414 e. The summed E-state index contributed by atoms with van der Waals surface area (Å²) in [6.07, 6.45) is 1.30. The van der Waals surface area contributed by atoms with Crippen molar-refractivity contribution in [1.29, 1.82) is 0 Å². The molecule has 236 valence electrons. The minimum Gasteiger partial charge on any atom is -0.480 e. The van der Waals surface area contributed by atoms with Crippen molar-refractivity contribution in [3.8, 4) is 5.75 Å². The smallest absolute Gasteiger partial charge is 0.414 e. The molecule has 0 fully saturated rings. The molecule has 1 heterocycles. The molecule has 45 heavy (non-hydrogen) atoms. The van der Waals surface area contributed by atoms with Gasteiger partial charge in [0.25, 0.3) is 20.0 Å². The Morgan fingerprint density at radius 2 is 1.36 bits per heavy atom. The number of rotatable bonds is 11. The van der Waals surface area contributed by atoms with Crippen LogP contribution < -0.4 is 13.8 Å². The second kappa shape index (κ2) is 13.3. The quantitative estimate of drug-likeness (QED) is 0.240. The van der Waals surface area contributed by atoms with Gasteiger partial charge in [-0.05, 0) is 55.8 Å². The molecule has 0 aliphatic heterocycles. The van der Waals surface area contributed by atoms with E-state index >= 15 is 0 Å². The maximum absolute atomic E-state index is 14.1. The van der Waals surface area contributed by atoms with Crippen LogP contribution >= 0.6 is 0 Å². The summed E-state index contributed by atoms with van der Waals surface area (Å²) < 4.78 is 61.6. The van der Waals surface area contributed by atoms with E-state index < -0.39 is 43.8 Å². The van der Waals surface area contributed by atoms with Gasteiger partial charge in [0.05, 0.1) is 16.0 Å². The van der Waals surface area contributed by atoms with Crippen LogP contribution in [0.1, 0.15) is 16.7 Å². The van der Waals surface area contributed by atoms with Gasteiger partial charge in [-0.1, -0.05) is 47.5 Å². The third-order valence-corrected chi connectivity index (χ3v) is 10.7. The zero-order valence-corrected chi connectivity index (χ0v) is 26.4. The van der Waals surface area contributed by atoms with Gasteiger partial charge in [0, 0.05) is 20.5 Å². The Kier molecular flexibility index (Phi) is 9.73. The van der Waals surface area contributed by atoms with Crippen molar-refractivity contribution >= 4 is 43.6 Å². The molecule has 0 aliphatic carbocycles. The van der Waals surface area contributed by atoms with Gasteiger partial charge in [-0.25, -0.2) is 36.4 Å². The minimum absolute atomic E-state index is 0.129. The lowest BCUT2D eigenvalue weighted by Crippen LogP contribution is -2.39. The highest BCUT2D eigenvalue weighted by Crippen LogP contribution is 2.35. The molecule has 2 N–H and O–H groups in total. The summed E-state index contributed by atoms with van der Waals surface area (Å²) in [5, 5.41) is 12.7. The third-order valence-electron chi connectivity index (χ3n) is 6.51. The van der Waals surface area contributed by atoms with Gasteiger partial charge in [0.2, 0.25) is 0 Å². The van der Waals surface area contributed by atoms with Crippen molar-refractivity contribution in [1.82, 2.24) is 14.9 Å². The van der Waals surface area contributed by atoms with Gasteiger partial charge >= 0.3 is 12.1 Å². The SMILES string of the molecule is Cc1ccc(S(=O)(=O)N(c2cncnc2N[C@@H](Cc2ccc(OC(=O)N(C)C)cc2)C(=O)O)S(=O)(=O)c2ccc(C)cc2)cc1. The summed E-state index contributed by atoms with van der Waals surface area (Å²) in [7, 11) is -6.57. The first-order valence-corrected chi connectivity index (χ1v) is 16.3. The zero-order chi connectivity index (χ0) is 32.9. The Labute approximate surface area is 261 Å². The van der Waals surface area contributed by atoms with Crippen LogP contribution in [0.4, 0.5) is 16.3 Å². The maximum atomic E-state index is 14.1. The Hall–Kier alpha value is -5.02. The molecule has 13 nitrogen and oxygen atoms in total. The number of nitrogens with one attached hydrogen (secondary N) is 1. The first kappa shape index (κ1) is 32.9. The second-order valence-electron chi connectivity index (χ2n) is 10.2. The third kappa shape index (κ3) is 7.56. The largest absolute Gasteiger partial charge is 0.480 e. The molecule has 1 atom stereocenters. The number of benzene rings is 3. The van der Waals surface area contributed by atoms with Crippen LogP contribution in [-0.4, -0.2) is 69.0 Å². The molecule has 0 saturated carbocycles. The molecular formula is C30H31N5O8S2. The molecule has 0 saturated heterocycles. The fraction of sp³-hybridized carbons (Fsp3) is 0.200. The Bertz CT molecular complexity index is 1820. The van der Waals surface area contributed by atoms with Crippen LogP contribution in [-0.2, 0) is 31.3 Å². The number of sulfonamides is 2. The lowest BCUT2D eigenvalue weighted by molar-refractivity contribution is -0.137. The van der Waals surface area contributed by atoms with Gasteiger partial charge in [-0.2, -0.15) is 3.71 Å². The van der Waals surface area contributed by atoms with Gasteiger partial charge in [-0.3, -0.25) is 0 Å². The highest BCUT2D eigenvalue weighted by Gasteiger charge is 2.39. The number of amides is 1. The average molecular weight is 654 g/mol. The van der Waals surface area contributed by atoms with Gasteiger partial charge in [0.1, 0.15) is 23.8 Å². The van der Waals surface area contributed by atoms with E-state index in [0.717, 1.165) is 23.7 Å². The number of aliphatic carboxylic acids is 1. The van der Waals surface area contributed by atoms with Crippen molar-refractivity contribution in [3.63, 3.8) is 0 Å². The van der Waals surface area contributed by atoms with E-state index in [1.165, 1.54) is 79.7 Å². The number of aryl methyl sites for hydroxylation is 2. The van der Waals surface area contributed by atoms with Crippen LogP contribution in [0.5, 0.6) is 5.75 Å².